The Balaban J connectivity index is 1.13. The van der Waals surface area contributed by atoms with Crippen molar-refractivity contribution in [2.24, 2.45) is 0 Å². The first-order valence-electron chi connectivity index (χ1n) is 11.4. The van der Waals surface area contributed by atoms with Crippen LogP contribution in [0.1, 0.15) is 37.3 Å². The van der Waals surface area contributed by atoms with Crippen molar-refractivity contribution in [2.75, 3.05) is 13.2 Å². The van der Waals surface area contributed by atoms with E-state index in [0.29, 0.717) is 18.5 Å². The number of imidazole rings is 1. The Kier molecular flexibility index (Phi) is 6.97. The highest BCUT2D eigenvalue weighted by molar-refractivity contribution is 7.47. The van der Waals surface area contributed by atoms with E-state index in [9.17, 15) is 28.9 Å². The molecule has 3 aromatic heterocycles. The summed E-state index contributed by atoms with van der Waals surface area (Å²) in [6.07, 6.45) is 1.10. The Hall–Kier alpha value is -2.98. The summed E-state index contributed by atoms with van der Waals surface area (Å²) in [5.41, 5.74) is -0.776. The number of aliphatic hydroxyl groups is 1. The molecule has 5 rings (SSSR count). The van der Waals surface area contributed by atoms with Gasteiger partial charge in [-0.2, -0.15) is 0 Å². The number of aliphatic hydroxyl groups excluding tert-OH is 1. The van der Waals surface area contributed by atoms with Crippen LogP contribution in [0.5, 0.6) is 0 Å². The predicted octanol–water partition coefficient (Wildman–Crippen LogP) is -0.562. The molecule has 17 heteroatoms. The Morgan fingerprint density at radius 3 is 2.70 bits per heavy atom. The Labute approximate surface area is 207 Å². The Morgan fingerprint density at radius 2 is 1.89 bits per heavy atom. The van der Waals surface area contributed by atoms with Gasteiger partial charge in [0.05, 0.1) is 38.1 Å². The van der Waals surface area contributed by atoms with Gasteiger partial charge in [-0.1, -0.05) is 0 Å². The maximum Gasteiger partial charge on any atom is 0.472 e. The number of ether oxygens (including phenoxy) is 2. The summed E-state index contributed by atoms with van der Waals surface area (Å²) in [6, 6.07) is 0. The summed E-state index contributed by atoms with van der Waals surface area (Å²) in [6.45, 7) is 0.803. The average Bonchev–Trinajstić information content (AvgIpc) is 3.58. The van der Waals surface area contributed by atoms with Gasteiger partial charge in [0, 0.05) is 18.2 Å². The number of phosphoric acid groups is 1. The lowest BCUT2D eigenvalue weighted by atomic mass is 10.2. The molecule has 6 atom stereocenters. The summed E-state index contributed by atoms with van der Waals surface area (Å²) < 4.78 is 36.7. The van der Waals surface area contributed by atoms with Crippen molar-refractivity contribution in [3.63, 3.8) is 0 Å². The van der Waals surface area contributed by atoms with Gasteiger partial charge in [-0.05, 0) is 19.8 Å². The third-order valence-electron chi connectivity index (χ3n) is 6.25. The zero-order valence-corrected chi connectivity index (χ0v) is 20.4. The fraction of sp³-hybridized carbons (Fsp3) is 0.550. The molecule has 0 aliphatic carbocycles. The molecule has 0 amide bonds. The average molecular weight is 540 g/mol. The molecule has 2 fully saturated rings. The third kappa shape index (κ3) is 5.36. The molecular weight excluding hydrogens is 515 g/mol. The van der Waals surface area contributed by atoms with Crippen LogP contribution in [-0.4, -0.2) is 70.6 Å². The van der Waals surface area contributed by atoms with E-state index in [2.05, 4.69) is 19.9 Å². The number of rotatable bonds is 8. The molecule has 2 aliphatic rings. The molecule has 5 heterocycles. The quantitative estimate of drug-likeness (QED) is 0.265. The lowest BCUT2D eigenvalue weighted by Crippen LogP contribution is -2.33. The molecule has 0 saturated carbocycles. The zero-order valence-electron chi connectivity index (χ0n) is 19.6. The summed E-state index contributed by atoms with van der Waals surface area (Å²) in [7, 11) is -4.53. The monoisotopic (exact) mass is 540 g/mol. The zero-order chi connectivity index (χ0) is 26.3. The molecule has 37 heavy (non-hydrogen) atoms. The standard InChI is InChI=1S/C20H25N6O10P/c1-10-5-25(20(30)24-18(10)28)15-4-12(27)13(36-15)7-34-37(31,32)33-6-11-2-3-14(35-11)26-9-23-16-17(26)21-8-22-19(16)29/h5,8-9,11-15,27H,2-4,6-7H2,1H3,(H,31,32)(H,21,22,29)(H,24,28,30)/t11-,12-,13+,14+,15+/m0/s1. The van der Waals surface area contributed by atoms with Crippen LogP contribution in [0.3, 0.4) is 0 Å². The Morgan fingerprint density at radius 1 is 1.11 bits per heavy atom. The summed E-state index contributed by atoms with van der Waals surface area (Å²) >= 11 is 0. The number of nitrogens with zero attached hydrogens (tertiary/aromatic N) is 4. The molecule has 0 aromatic carbocycles. The summed E-state index contributed by atoms with van der Waals surface area (Å²) in [4.78, 5) is 58.4. The topological polar surface area (TPSA) is 213 Å². The molecule has 4 N–H and O–H groups in total. The van der Waals surface area contributed by atoms with Crippen molar-refractivity contribution in [1.82, 2.24) is 29.1 Å². The van der Waals surface area contributed by atoms with Gasteiger partial charge in [-0.3, -0.25) is 32.8 Å². The lowest BCUT2D eigenvalue weighted by Gasteiger charge is -2.19. The van der Waals surface area contributed by atoms with Crippen LogP contribution >= 0.6 is 7.82 Å². The number of aromatic nitrogens is 6. The first-order chi connectivity index (χ1) is 17.6. The number of aryl methyl sites for hydroxylation is 1. The second-order valence-electron chi connectivity index (χ2n) is 8.82. The van der Waals surface area contributed by atoms with Gasteiger partial charge in [-0.15, -0.1) is 0 Å². The van der Waals surface area contributed by atoms with Gasteiger partial charge in [0.1, 0.15) is 18.6 Å². The molecule has 16 nitrogen and oxygen atoms in total. The molecule has 1 unspecified atom stereocenters. The molecule has 0 spiro atoms. The largest absolute Gasteiger partial charge is 0.472 e. The second-order valence-corrected chi connectivity index (χ2v) is 10.3. The molecule has 0 radical (unpaired) electrons. The van der Waals surface area contributed by atoms with Gasteiger partial charge in [0.15, 0.2) is 11.2 Å². The number of H-pyrrole nitrogens is 2. The van der Waals surface area contributed by atoms with Gasteiger partial charge in [-0.25, -0.2) is 19.3 Å². The van der Waals surface area contributed by atoms with Crippen LogP contribution in [0.2, 0.25) is 0 Å². The van der Waals surface area contributed by atoms with E-state index in [1.165, 1.54) is 25.8 Å². The Bertz CT molecular complexity index is 1510. The van der Waals surface area contributed by atoms with Crippen molar-refractivity contribution in [3.05, 3.63) is 55.6 Å². The minimum absolute atomic E-state index is 0.0109. The number of hydrogen-bond donors (Lipinski definition) is 4. The van der Waals surface area contributed by atoms with E-state index in [1.54, 1.807) is 4.57 Å². The van der Waals surface area contributed by atoms with Gasteiger partial charge < -0.3 is 24.5 Å². The van der Waals surface area contributed by atoms with Crippen LogP contribution in [0.4, 0.5) is 0 Å². The smallest absolute Gasteiger partial charge is 0.390 e. The van der Waals surface area contributed by atoms with Crippen molar-refractivity contribution in [1.29, 1.82) is 0 Å². The van der Waals surface area contributed by atoms with Gasteiger partial charge in [0.25, 0.3) is 11.1 Å². The van der Waals surface area contributed by atoms with Crippen LogP contribution in [0.25, 0.3) is 11.2 Å². The van der Waals surface area contributed by atoms with E-state index < -0.39 is 56.4 Å². The fourth-order valence-electron chi connectivity index (χ4n) is 4.31. The number of nitrogens with one attached hydrogen (secondary N) is 2. The highest BCUT2D eigenvalue weighted by Gasteiger charge is 2.38. The van der Waals surface area contributed by atoms with E-state index in [-0.39, 0.29) is 29.7 Å². The van der Waals surface area contributed by atoms with E-state index in [1.807, 2.05) is 0 Å². The van der Waals surface area contributed by atoms with Crippen LogP contribution < -0.4 is 16.8 Å². The minimum atomic E-state index is -4.53. The van der Waals surface area contributed by atoms with E-state index >= 15 is 0 Å². The summed E-state index contributed by atoms with van der Waals surface area (Å²) in [5, 5.41) is 10.3. The van der Waals surface area contributed by atoms with Crippen molar-refractivity contribution in [3.8, 4) is 0 Å². The molecule has 2 saturated heterocycles. The highest BCUT2D eigenvalue weighted by Crippen LogP contribution is 2.45. The van der Waals surface area contributed by atoms with E-state index in [4.69, 9.17) is 18.5 Å². The van der Waals surface area contributed by atoms with Crippen molar-refractivity contribution in [2.45, 2.75) is 57.0 Å². The lowest BCUT2D eigenvalue weighted by molar-refractivity contribution is -0.0510. The van der Waals surface area contributed by atoms with Crippen LogP contribution in [0, 0.1) is 6.92 Å². The molecule has 0 bridgehead atoms. The second kappa shape index (κ2) is 10.1. The first kappa shape index (κ1) is 25.7. The normalized spacial score (nSPS) is 27.6. The van der Waals surface area contributed by atoms with Crippen molar-refractivity contribution >= 4 is 19.0 Å². The van der Waals surface area contributed by atoms with Crippen molar-refractivity contribution < 1.29 is 33.1 Å². The maximum absolute atomic E-state index is 12.4. The van der Waals surface area contributed by atoms with E-state index in [0.717, 1.165) is 4.57 Å². The molecule has 200 valence electrons. The fourth-order valence-corrected chi connectivity index (χ4v) is 5.07. The van der Waals surface area contributed by atoms with Crippen LogP contribution in [0.15, 0.2) is 33.2 Å². The SMILES string of the molecule is Cc1cn([C@H]2C[C@H](O)[C@@H](COP(=O)(O)OC[C@@H]3CC[C@H](n4cnc5c(=O)[nH]cnc54)O3)O2)c(=O)[nH]c1=O. The first-order valence-corrected chi connectivity index (χ1v) is 12.9. The number of fused-ring (bicyclic) bond motifs is 1. The highest BCUT2D eigenvalue weighted by atomic mass is 31.2. The number of hydrogen-bond acceptors (Lipinski definition) is 11. The third-order valence-corrected chi connectivity index (χ3v) is 7.20. The molecule has 2 aliphatic heterocycles. The number of phosphoric ester groups is 1. The minimum Gasteiger partial charge on any atom is -0.390 e. The summed E-state index contributed by atoms with van der Waals surface area (Å²) in [5.74, 6) is 0. The van der Waals surface area contributed by atoms with Gasteiger partial charge in [0.2, 0.25) is 0 Å². The molecular formula is C20H25N6O10P. The number of aromatic amines is 2. The predicted molar refractivity (Wildman–Crippen MR) is 124 cm³/mol. The van der Waals surface area contributed by atoms with Crippen LogP contribution in [-0.2, 0) is 23.1 Å². The van der Waals surface area contributed by atoms with Gasteiger partial charge >= 0.3 is 13.5 Å². The maximum atomic E-state index is 12.4. The molecule has 3 aromatic rings.